The Morgan fingerprint density at radius 2 is 1.39 bits per heavy atom. The highest BCUT2D eigenvalue weighted by molar-refractivity contribution is 5.99. The Morgan fingerprint density at radius 1 is 0.783 bits per heavy atom. The molecular weight excluding hydrogens is 292 g/mol. The summed E-state index contributed by atoms with van der Waals surface area (Å²) in [6.45, 7) is 0. The van der Waals surface area contributed by atoms with Gasteiger partial charge in [-0.25, -0.2) is 4.79 Å². The number of hydrogen-bond acceptors (Lipinski definition) is 4. The van der Waals surface area contributed by atoms with Crippen LogP contribution in [0.15, 0.2) is 60.7 Å². The van der Waals surface area contributed by atoms with Crippen molar-refractivity contribution in [1.82, 2.24) is 0 Å². The van der Waals surface area contributed by atoms with Crippen LogP contribution in [0.3, 0.4) is 0 Å². The zero-order valence-electron chi connectivity index (χ0n) is 12.9. The fraction of sp³-hybridized carbons (Fsp3) is 0.105. The van der Waals surface area contributed by atoms with Gasteiger partial charge in [-0.05, 0) is 47.2 Å². The van der Waals surface area contributed by atoms with Gasteiger partial charge in [0.1, 0.15) is 22.8 Å². The van der Waals surface area contributed by atoms with E-state index in [-0.39, 0.29) is 0 Å². The van der Waals surface area contributed by atoms with Crippen molar-refractivity contribution in [2.75, 3.05) is 14.2 Å². The van der Waals surface area contributed by atoms with Crippen LogP contribution in [0.1, 0.15) is 10.4 Å². The van der Waals surface area contributed by atoms with Crippen molar-refractivity contribution in [3.63, 3.8) is 0 Å². The Labute approximate surface area is 134 Å². The second-order valence-corrected chi connectivity index (χ2v) is 4.96. The highest BCUT2D eigenvalue weighted by Crippen LogP contribution is 2.27. The number of carbonyl (C=O) groups excluding carboxylic acids is 1. The second kappa shape index (κ2) is 6.40. The molecule has 0 N–H and O–H groups in total. The predicted molar refractivity (Wildman–Crippen MR) is 88.5 cm³/mol. The molecule has 0 unspecified atom stereocenters. The standard InChI is InChI=1S/C19H16O4/c1-21-15-7-9-16(10-8-15)23-19(20)17-11-13-5-3-4-6-14(13)12-18(17)22-2/h3-12H,1-2H3. The molecular formula is C19H16O4. The van der Waals surface area contributed by atoms with Crippen molar-refractivity contribution >= 4 is 16.7 Å². The van der Waals surface area contributed by atoms with E-state index in [0.717, 1.165) is 10.8 Å². The molecule has 3 aromatic carbocycles. The van der Waals surface area contributed by atoms with Gasteiger partial charge in [0.05, 0.1) is 14.2 Å². The average Bonchev–Trinajstić information content (AvgIpc) is 2.61. The summed E-state index contributed by atoms with van der Waals surface area (Å²) in [5.41, 5.74) is 0.391. The van der Waals surface area contributed by atoms with Crippen LogP contribution in [0.2, 0.25) is 0 Å². The topological polar surface area (TPSA) is 44.8 Å². The van der Waals surface area contributed by atoms with Crippen LogP contribution in [-0.2, 0) is 0 Å². The molecule has 0 fully saturated rings. The summed E-state index contributed by atoms with van der Waals surface area (Å²) >= 11 is 0. The minimum absolute atomic E-state index is 0.391. The van der Waals surface area contributed by atoms with E-state index in [1.54, 1.807) is 37.4 Å². The minimum Gasteiger partial charge on any atom is -0.497 e. The zero-order valence-corrected chi connectivity index (χ0v) is 12.9. The molecule has 0 radical (unpaired) electrons. The van der Waals surface area contributed by atoms with Gasteiger partial charge >= 0.3 is 5.97 Å². The quantitative estimate of drug-likeness (QED) is 0.538. The number of rotatable bonds is 4. The molecule has 23 heavy (non-hydrogen) atoms. The van der Waals surface area contributed by atoms with Crippen LogP contribution in [0, 0.1) is 0 Å². The molecule has 0 aliphatic heterocycles. The van der Waals surface area contributed by atoms with E-state index >= 15 is 0 Å². The van der Waals surface area contributed by atoms with Crippen molar-refractivity contribution in [3.05, 3.63) is 66.2 Å². The Kier molecular flexibility index (Phi) is 4.15. The lowest BCUT2D eigenvalue weighted by molar-refractivity contribution is 0.0731. The third-order valence-corrected chi connectivity index (χ3v) is 3.56. The van der Waals surface area contributed by atoms with E-state index in [0.29, 0.717) is 22.8 Å². The molecule has 0 aliphatic carbocycles. The number of benzene rings is 3. The smallest absolute Gasteiger partial charge is 0.347 e. The summed E-state index contributed by atoms with van der Waals surface area (Å²) in [6, 6.07) is 18.2. The van der Waals surface area contributed by atoms with Gasteiger partial charge in [-0.3, -0.25) is 0 Å². The van der Waals surface area contributed by atoms with Gasteiger partial charge in [0, 0.05) is 0 Å². The molecule has 0 aromatic heterocycles. The van der Waals surface area contributed by atoms with E-state index in [9.17, 15) is 4.79 Å². The number of esters is 1. The summed E-state index contributed by atoms with van der Waals surface area (Å²) in [6.07, 6.45) is 0. The van der Waals surface area contributed by atoms with Gasteiger partial charge in [-0.15, -0.1) is 0 Å². The molecule has 0 amide bonds. The van der Waals surface area contributed by atoms with E-state index in [1.165, 1.54) is 7.11 Å². The monoisotopic (exact) mass is 308 g/mol. The first-order valence-corrected chi connectivity index (χ1v) is 7.14. The molecule has 3 rings (SSSR count). The maximum Gasteiger partial charge on any atom is 0.347 e. The van der Waals surface area contributed by atoms with Crippen molar-refractivity contribution in [2.45, 2.75) is 0 Å². The zero-order chi connectivity index (χ0) is 16.2. The SMILES string of the molecule is COc1ccc(OC(=O)c2cc3ccccc3cc2OC)cc1. The molecule has 0 atom stereocenters. The lowest BCUT2D eigenvalue weighted by atomic mass is 10.1. The molecule has 0 aliphatic rings. The normalized spacial score (nSPS) is 10.3. The number of carbonyl (C=O) groups is 1. The molecule has 0 bridgehead atoms. The summed E-state index contributed by atoms with van der Waals surface area (Å²) in [5, 5.41) is 1.96. The lowest BCUT2D eigenvalue weighted by Gasteiger charge is -2.10. The summed E-state index contributed by atoms with van der Waals surface area (Å²) in [7, 11) is 3.12. The highest BCUT2D eigenvalue weighted by Gasteiger charge is 2.16. The van der Waals surface area contributed by atoms with Crippen LogP contribution in [0.5, 0.6) is 17.2 Å². The fourth-order valence-corrected chi connectivity index (χ4v) is 2.35. The maximum absolute atomic E-state index is 12.5. The number of fused-ring (bicyclic) bond motifs is 1. The fourth-order valence-electron chi connectivity index (χ4n) is 2.35. The molecule has 116 valence electrons. The Balaban J connectivity index is 1.92. The van der Waals surface area contributed by atoms with E-state index in [2.05, 4.69) is 0 Å². The number of hydrogen-bond donors (Lipinski definition) is 0. The largest absolute Gasteiger partial charge is 0.497 e. The first kappa shape index (κ1) is 14.9. The van der Waals surface area contributed by atoms with Gasteiger partial charge in [0.25, 0.3) is 0 Å². The first-order valence-electron chi connectivity index (χ1n) is 7.14. The second-order valence-electron chi connectivity index (χ2n) is 4.96. The van der Waals surface area contributed by atoms with Crippen molar-refractivity contribution in [3.8, 4) is 17.2 Å². The molecule has 0 heterocycles. The summed E-state index contributed by atoms with van der Waals surface area (Å²) in [4.78, 5) is 12.5. The van der Waals surface area contributed by atoms with Crippen LogP contribution in [0.25, 0.3) is 10.8 Å². The van der Waals surface area contributed by atoms with Gasteiger partial charge < -0.3 is 14.2 Å². The first-order chi connectivity index (χ1) is 11.2. The molecule has 0 spiro atoms. The predicted octanol–water partition coefficient (Wildman–Crippen LogP) is 4.08. The van der Waals surface area contributed by atoms with Crippen molar-refractivity contribution < 1.29 is 19.0 Å². The Hall–Kier alpha value is -3.01. The van der Waals surface area contributed by atoms with Crippen molar-refractivity contribution in [1.29, 1.82) is 0 Å². The summed E-state index contributed by atoms with van der Waals surface area (Å²) < 4.78 is 15.8. The van der Waals surface area contributed by atoms with Crippen LogP contribution in [0.4, 0.5) is 0 Å². The van der Waals surface area contributed by atoms with Gasteiger partial charge in [-0.1, -0.05) is 24.3 Å². The minimum atomic E-state index is -0.460. The van der Waals surface area contributed by atoms with Gasteiger partial charge in [0.2, 0.25) is 0 Å². The third kappa shape index (κ3) is 3.11. The molecule has 3 aromatic rings. The number of ether oxygens (including phenoxy) is 3. The average molecular weight is 308 g/mol. The molecule has 0 saturated heterocycles. The van der Waals surface area contributed by atoms with Crippen molar-refractivity contribution in [2.24, 2.45) is 0 Å². The molecule has 4 heteroatoms. The summed E-state index contributed by atoms with van der Waals surface area (Å²) in [5.74, 6) is 1.18. The molecule has 4 nitrogen and oxygen atoms in total. The third-order valence-electron chi connectivity index (χ3n) is 3.56. The van der Waals surface area contributed by atoms with Crippen LogP contribution in [-0.4, -0.2) is 20.2 Å². The van der Waals surface area contributed by atoms with Crippen LogP contribution < -0.4 is 14.2 Å². The van der Waals surface area contributed by atoms with E-state index in [1.807, 2.05) is 30.3 Å². The Morgan fingerprint density at radius 3 is 2.00 bits per heavy atom. The molecule has 0 saturated carbocycles. The lowest BCUT2D eigenvalue weighted by Crippen LogP contribution is -2.10. The highest BCUT2D eigenvalue weighted by atomic mass is 16.5. The van der Waals surface area contributed by atoms with E-state index in [4.69, 9.17) is 14.2 Å². The van der Waals surface area contributed by atoms with Gasteiger partial charge in [-0.2, -0.15) is 0 Å². The van der Waals surface area contributed by atoms with Crippen LogP contribution >= 0.6 is 0 Å². The number of methoxy groups -OCH3 is 2. The van der Waals surface area contributed by atoms with E-state index < -0.39 is 5.97 Å². The van der Waals surface area contributed by atoms with Gasteiger partial charge in [0.15, 0.2) is 0 Å². The Bertz CT molecular complexity index is 838. The maximum atomic E-state index is 12.5.